The summed E-state index contributed by atoms with van der Waals surface area (Å²) in [6.07, 6.45) is 8.66. The Morgan fingerprint density at radius 2 is 0.958 bits per heavy atom. The second-order valence-electron chi connectivity index (χ2n) is 18.5. The predicted octanol–water partition coefficient (Wildman–Crippen LogP) is 12.7. The minimum Gasteiger partial charge on any atom is -0.512 e. The van der Waals surface area contributed by atoms with E-state index in [0.717, 1.165) is 59.4 Å². The van der Waals surface area contributed by atoms with Crippen LogP contribution in [0.2, 0.25) is 0 Å². The summed E-state index contributed by atoms with van der Waals surface area (Å²) < 4.78 is 17.0. The van der Waals surface area contributed by atoms with Crippen molar-refractivity contribution in [3.05, 3.63) is 140 Å². The second-order valence-corrected chi connectivity index (χ2v) is 29.4. The molecule has 2 aliphatic rings. The normalized spacial score (nSPS) is 15.7. The number of hydrogen-bond acceptors (Lipinski definition) is 12. The minimum atomic E-state index is -5.17. The van der Waals surface area contributed by atoms with Crippen LogP contribution in [0.1, 0.15) is 137 Å². The summed E-state index contributed by atoms with van der Waals surface area (Å²) in [7, 11) is 0. The monoisotopic (exact) mass is 1200 g/mol. The van der Waals surface area contributed by atoms with Crippen molar-refractivity contribution in [2.24, 2.45) is 11.8 Å². The fourth-order valence-electron chi connectivity index (χ4n) is 9.07. The van der Waals surface area contributed by atoms with Crippen LogP contribution in [-0.4, -0.2) is 73.7 Å². The van der Waals surface area contributed by atoms with E-state index in [1.165, 1.54) is 64.5 Å². The molecule has 2 N–H and O–H groups in total. The van der Waals surface area contributed by atoms with E-state index >= 15 is 0 Å². The van der Waals surface area contributed by atoms with Gasteiger partial charge in [0.05, 0.1) is 11.3 Å². The number of carbonyl (C=O) groups is 5. The maximum Gasteiger partial charge on any atom is 0.167 e. The summed E-state index contributed by atoms with van der Waals surface area (Å²) in [4.78, 5) is 62.1. The van der Waals surface area contributed by atoms with Crippen molar-refractivity contribution in [2.75, 3.05) is 11.5 Å². The Labute approximate surface area is 437 Å². The quantitative estimate of drug-likeness (QED) is 0.0764. The molecular weight excluding hydrogens is 1130 g/mol. The number of aliphatic hydroxyl groups is 2. The summed E-state index contributed by atoms with van der Waals surface area (Å²) >= 11 is -1.53. The molecule has 6 rings (SSSR count). The Balaban J connectivity index is 0.000000238. The molecule has 0 saturated carbocycles. The molecule has 4 aromatic rings. The molecule has 2 aliphatic carbocycles. The summed E-state index contributed by atoms with van der Waals surface area (Å²) in [5.74, 6) is 1.29. The van der Waals surface area contributed by atoms with E-state index in [1.807, 2.05) is 56.4 Å². The van der Waals surface area contributed by atoms with Gasteiger partial charge >= 0.3 is 149 Å². The van der Waals surface area contributed by atoms with Crippen molar-refractivity contribution in [1.29, 1.82) is 0 Å². The Hall–Kier alpha value is -4.67. The number of rotatable bonds is 17. The summed E-state index contributed by atoms with van der Waals surface area (Å²) in [5, 5.41) is 20.3. The van der Waals surface area contributed by atoms with Gasteiger partial charge < -0.3 is 10.2 Å². The Morgan fingerprint density at radius 1 is 0.563 bits per heavy atom. The molecule has 0 aromatic heterocycles. The van der Waals surface area contributed by atoms with Crippen LogP contribution >= 0.6 is 23.5 Å². The first-order valence-corrected chi connectivity index (χ1v) is 33.5. The smallest absolute Gasteiger partial charge is 0.167 e. The zero-order chi connectivity index (χ0) is 52.4. The van der Waals surface area contributed by atoms with Crippen LogP contribution in [0.15, 0.2) is 100 Å². The first kappa shape index (κ1) is 58.9. The van der Waals surface area contributed by atoms with Crippen molar-refractivity contribution < 1.29 is 42.2 Å². The maximum atomic E-state index is 13.1. The number of benzene rings is 4. The van der Waals surface area contributed by atoms with E-state index in [0.29, 0.717) is 58.9 Å². The number of thioether (sulfide) groups is 2. The number of ketones is 2. The van der Waals surface area contributed by atoms with Crippen LogP contribution in [0.25, 0.3) is 5.57 Å². The SMILES string of the molecule is CCc1cc(C)cc(CC)[c]1[Pb]([O]C(C)=O)([O]C(C)=O)[O]C(C)=O.CCc1cc(C)cc(CC)c1C1=C(O)CC(CCSc2ccc(C)cc2)CC1=O.Cc1ccc(SCCC2CC(=O)C=C(O)C2)cc1. The van der Waals surface area contributed by atoms with Gasteiger partial charge in [-0.1, -0.05) is 66.9 Å². The van der Waals surface area contributed by atoms with Crippen LogP contribution < -0.4 is 3.12 Å². The molecule has 0 bridgehead atoms. The predicted molar refractivity (Wildman–Crippen MR) is 289 cm³/mol. The van der Waals surface area contributed by atoms with E-state index in [1.54, 1.807) is 0 Å². The van der Waals surface area contributed by atoms with Crippen molar-refractivity contribution >= 4 is 84.2 Å². The summed E-state index contributed by atoms with van der Waals surface area (Å²) in [6.45, 7) is 20.0. The molecule has 2 atom stereocenters. The molecule has 10 nitrogen and oxygen atoms in total. The molecule has 2 unspecified atom stereocenters. The molecular formula is C58H74O10PbS2. The zero-order valence-corrected chi connectivity index (χ0v) is 49.1. The van der Waals surface area contributed by atoms with Gasteiger partial charge in [-0.05, 0) is 111 Å². The molecule has 382 valence electrons. The van der Waals surface area contributed by atoms with Gasteiger partial charge in [0.25, 0.3) is 0 Å². The van der Waals surface area contributed by atoms with E-state index in [2.05, 4.69) is 95.3 Å². The van der Waals surface area contributed by atoms with Gasteiger partial charge in [-0.3, -0.25) is 9.59 Å². The number of allylic oxidation sites excluding steroid dienone is 4. The largest absolute Gasteiger partial charge is 0.512 e. The summed E-state index contributed by atoms with van der Waals surface area (Å²) in [6, 6.07) is 25.2. The third kappa shape index (κ3) is 18.1. The number of aryl methyl sites for hydroxylation is 8. The number of hydrogen-bond donors (Lipinski definition) is 2. The zero-order valence-electron chi connectivity index (χ0n) is 43.6. The number of carbonyl (C=O) groups excluding carboxylic acids is 5. The van der Waals surface area contributed by atoms with E-state index in [4.69, 9.17) is 8.06 Å². The van der Waals surface area contributed by atoms with E-state index in [-0.39, 0.29) is 23.2 Å². The summed E-state index contributed by atoms with van der Waals surface area (Å²) in [5.41, 5.74) is 10.5. The molecule has 0 aliphatic heterocycles. The van der Waals surface area contributed by atoms with Crippen molar-refractivity contribution in [3.63, 3.8) is 0 Å². The molecule has 0 fully saturated rings. The molecule has 13 heteroatoms. The van der Waals surface area contributed by atoms with Gasteiger partial charge in [-0.2, -0.15) is 0 Å². The fraction of sp³-hybridized carbons (Fsp3) is 0.431. The van der Waals surface area contributed by atoms with Gasteiger partial charge in [0.2, 0.25) is 0 Å². The third-order valence-corrected chi connectivity index (χ3v) is 25.7. The Bertz CT molecular complexity index is 2470. The van der Waals surface area contributed by atoms with Gasteiger partial charge in [-0.25, -0.2) is 0 Å². The van der Waals surface area contributed by atoms with Crippen molar-refractivity contribution in [1.82, 2.24) is 0 Å². The molecule has 0 radical (unpaired) electrons. The van der Waals surface area contributed by atoms with Crippen LogP contribution in [0, 0.1) is 39.5 Å². The number of Topliss-reactive ketones (excluding diaryl/α,β-unsaturated/α-hetero) is 1. The Morgan fingerprint density at radius 3 is 1.32 bits per heavy atom. The van der Waals surface area contributed by atoms with Gasteiger partial charge in [0.1, 0.15) is 5.76 Å². The van der Waals surface area contributed by atoms with E-state index < -0.39 is 40.4 Å². The van der Waals surface area contributed by atoms with Crippen LogP contribution in [0.3, 0.4) is 0 Å². The minimum absolute atomic E-state index is 0.0593. The first-order valence-electron chi connectivity index (χ1n) is 24.8. The molecule has 0 spiro atoms. The van der Waals surface area contributed by atoms with Crippen molar-refractivity contribution in [2.45, 2.75) is 150 Å². The first-order chi connectivity index (χ1) is 33.7. The van der Waals surface area contributed by atoms with E-state index in [9.17, 15) is 34.2 Å². The van der Waals surface area contributed by atoms with Crippen LogP contribution in [0.4, 0.5) is 0 Å². The molecule has 0 amide bonds. The van der Waals surface area contributed by atoms with Crippen LogP contribution in [-0.2, 0) is 57.7 Å². The molecule has 0 saturated heterocycles. The van der Waals surface area contributed by atoms with Gasteiger partial charge in [-0.15, -0.1) is 23.5 Å². The average molecular weight is 1200 g/mol. The standard InChI is InChI=1S/C26H32O2S.C15H18O2S.C11H15.3C2H4O2.Pb/c1-5-20-13-18(4)14-21(6-2)25(20)26-23(27)15-19(16-24(26)28)11-12-29-22-9-7-17(3)8-10-22;1-11-2-4-15(5-3-11)18-7-6-12-8-13(16)10-14(17)9-12;1-4-10-6-9(3)7-11(5-2)8-10;3*1-2(3)4;/h7-10,13-14,19,27H,5-6,11-12,15-16H2,1-4H3;2-5,10,12,16H,6-9H2,1H3;6-7H,4-5H2,1-3H3;3*1H3,(H,3,4);/q;;;;;;+3/p-3. The van der Waals surface area contributed by atoms with Gasteiger partial charge in [0, 0.05) is 41.6 Å². The molecule has 71 heavy (non-hydrogen) atoms. The average Bonchev–Trinajstić information content (AvgIpc) is 3.29. The molecule has 0 heterocycles. The fourth-order valence-corrected chi connectivity index (χ4v) is 22.2. The number of aliphatic hydroxyl groups excluding tert-OH is 2. The Kier molecular flexibility index (Phi) is 23.7. The van der Waals surface area contributed by atoms with Crippen LogP contribution in [0.5, 0.6) is 0 Å². The van der Waals surface area contributed by atoms with Gasteiger partial charge in [0.15, 0.2) is 11.6 Å². The third-order valence-electron chi connectivity index (χ3n) is 12.3. The maximum absolute atomic E-state index is 13.1. The van der Waals surface area contributed by atoms with Crippen molar-refractivity contribution in [3.8, 4) is 0 Å². The topological polar surface area (TPSA) is 154 Å². The second kappa shape index (κ2) is 28.5. The molecule has 4 aromatic carbocycles.